The summed E-state index contributed by atoms with van der Waals surface area (Å²) in [7, 11) is -0.977. The largest absolute Gasteiger partial charge is 0.481 e. The van der Waals surface area contributed by atoms with Crippen LogP contribution < -0.4 is 0 Å². The van der Waals surface area contributed by atoms with Crippen molar-refractivity contribution in [2.75, 3.05) is 18.1 Å². The molecular weight excluding hydrogens is 330 g/mol. The highest BCUT2D eigenvalue weighted by atomic mass is 32.2. The molecule has 0 aromatic rings. The molecule has 0 saturated carbocycles. The van der Waals surface area contributed by atoms with Gasteiger partial charge in [0.25, 0.3) is 0 Å². The lowest BCUT2D eigenvalue weighted by Crippen LogP contribution is -2.07. The molecule has 1 atom stereocenters. The minimum absolute atomic E-state index is 0.00232. The number of nitro groups is 1. The summed E-state index contributed by atoms with van der Waals surface area (Å²) in [5, 5.41) is 18.7. The molecule has 0 heterocycles. The second kappa shape index (κ2) is 16.9. The van der Waals surface area contributed by atoms with Crippen molar-refractivity contribution in [1.82, 2.24) is 0 Å². The number of aliphatic carboxylic acids is 1. The Morgan fingerprint density at radius 3 is 1.62 bits per heavy atom. The summed E-state index contributed by atoms with van der Waals surface area (Å²) >= 11 is 0. The molecule has 0 aromatic heterocycles. The Hall–Kier alpha value is -0.980. The SMILES string of the molecule is O=C(O)CCS(=O)CCCCCCCCCCCCCC[N+](=O)[O-]. The van der Waals surface area contributed by atoms with Crippen molar-refractivity contribution in [2.45, 2.75) is 83.5 Å². The van der Waals surface area contributed by atoms with Gasteiger partial charge in [-0.1, -0.05) is 57.8 Å². The maximum absolute atomic E-state index is 11.5. The van der Waals surface area contributed by atoms with E-state index in [1.165, 1.54) is 38.5 Å². The van der Waals surface area contributed by atoms with E-state index < -0.39 is 16.8 Å². The Bertz CT molecular complexity index is 363. The Labute approximate surface area is 148 Å². The van der Waals surface area contributed by atoms with E-state index in [0.717, 1.165) is 32.1 Å². The van der Waals surface area contributed by atoms with Crippen molar-refractivity contribution in [1.29, 1.82) is 0 Å². The Kier molecular flexibility index (Phi) is 16.2. The normalized spacial score (nSPS) is 12.2. The van der Waals surface area contributed by atoms with E-state index in [2.05, 4.69) is 0 Å². The maximum atomic E-state index is 11.5. The Balaban J connectivity index is 3.13. The van der Waals surface area contributed by atoms with Gasteiger partial charge in [0.05, 0.1) is 6.42 Å². The third-order valence-corrected chi connectivity index (χ3v) is 5.41. The van der Waals surface area contributed by atoms with Gasteiger partial charge in [-0.3, -0.25) is 19.1 Å². The van der Waals surface area contributed by atoms with Crippen LogP contribution in [0.5, 0.6) is 0 Å². The number of carboxylic acid groups (broad SMARTS) is 1. The molecule has 0 radical (unpaired) electrons. The zero-order valence-corrected chi connectivity index (χ0v) is 15.6. The van der Waals surface area contributed by atoms with E-state index in [1.54, 1.807) is 0 Å². The van der Waals surface area contributed by atoms with E-state index in [4.69, 9.17) is 5.11 Å². The zero-order chi connectivity index (χ0) is 18.0. The van der Waals surface area contributed by atoms with Crippen LogP contribution in [0.25, 0.3) is 0 Å². The molecule has 24 heavy (non-hydrogen) atoms. The average molecular weight is 364 g/mol. The summed E-state index contributed by atoms with van der Waals surface area (Å²) in [5.41, 5.74) is 0. The lowest BCUT2D eigenvalue weighted by atomic mass is 10.1. The highest BCUT2D eigenvalue weighted by Crippen LogP contribution is 2.12. The minimum atomic E-state index is -0.977. The van der Waals surface area contributed by atoms with Gasteiger partial charge in [0.2, 0.25) is 6.54 Å². The van der Waals surface area contributed by atoms with Crippen LogP contribution in [0.1, 0.15) is 83.5 Å². The molecule has 0 aliphatic carbocycles. The van der Waals surface area contributed by atoms with E-state index in [1.807, 2.05) is 0 Å². The minimum Gasteiger partial charge on any atom is -0.481 e. The van der Waals surface area contributed by atoms with Gasteiger partial charge < -0.3 is 5.11 Å². The monoisotopic (exact) mass is 363 g/mol. The van der Waals surface area contributed by atoms with Crippen LogP contribution >= 0.6 is 0 Å². The fourth-order valence-corrected chi connectivity index (χ4v) is 3.71. The summed E-state index contributed by atoms with van der Waals surface area (Å²) in [5.74, 6) is 0.0328. The van der Waals surface area contributed by atoms with Gasteiger partial charge in [-0.25, -0.2) is 0 Å². The predicted octanol–water partition coefficient (Wildman–Crippen LogP) is 4.17. The van der Waals surface area contributed by atoms with Crippen LogP contribution in [0.15, 0.2) is 0 Å². The average Bonchev–Trinajstić information content (AvgIpc) is 2.52. The van der Waals surface area contributed by atoms with E-state index >= 15 is 0 Å². The van der Waals surface area contributed by atoms with Crippen molar-refractivity contribution in [3.8, 4) is 0 Å². The zero-order valence-electron chi connectivity index (χ0n) is 14.7. The summed E-state index contributed by atoms with van der Waals surface area (Å²) in [6, 6.07) is 0. The smallest absolute Gasteiger partial charge is 0.304 e. The fraction of sp³-hybridized carbons (Fsp3) is 0.941. The third kappa shape index (κ3) is 19.1. The van der Waals surface area contributed by atoms with Crippen molar-refractivity contribution in [3.63, 3.8) is 0 Å². The molecular formula is C17H33NO5S. The first-order valence-electron chi connectivity index (χ1n) is 9.21. The molecule has 142 valence electrons. The van der Waals surface area contributed by atoms with Gasteiger partial charge in [-0.05, 0) is 12.8 Å². The highest BCUT2D eigenvalue weighted by Gasteiger charge is 2.03. The molecule has 0 aliphatic rings. The Morgan fingerprint density at radius 2 is 1.21 bits per heavy atom. The summed E-state index contributed by atoms with van der Waals surface area (Å²) in [4.78, 5) is 20.3. The molecule has 0 spiro atoms. The van der Waals surface area contributed by atoms with Crippen LogP contribution in [0, 0.1) is 10.1 Å². The number of carboxylic acids is 1. The first-order valence-corrected chi connectivity index (χ1v) is 10.7. The number of hydrogen-bond acceptors (Lipinski definition) is 4. The molecule has 0 rings (SSSR count). The van der Waals surface area contributed by atoms with Crippen molar-refractivity contribution >= 4 is 16.8 Å². The summed E-state index contributed by atoms with van der Waals surface area (Å²) in [6.07, 6.45) is 13.3. The molecule has 1 N–H and O–H groups in total. The van der Waals surface area contributed by atoms with Crippen LogP contribution in [0.2, 0.25) is 0 Å². The maximum Gasteiger partial charge on any atom is 0.304 e. The van der Waals surface area contributed by atoms with Gasteiger partial charge in [0.1, 0.15) is 0 Å². The first-order chi connectivity index (χ1) is 11.5. The molecule has 0 aliphatic heterocycles. The van der Waals surface area contributed by atoms with E-state index in [0.29, 0.717) is 12.2 Å². The lowest BCUT2D eigenvalue weighted by molar-refractivity contribution is -0.480. The van der Waals surface area contributed by atoms with Gasteiger partial charge >= 0.3 is 5.97 Å². The number of rotatable bonds is 18. The van der Waals surface area contributed by atoms with Gasteiger partial charge in [0.15, 0.2) is 0 Å². The third-order valence-electron chi connectivity index (χ3n) is 4.01. The molecule has 0 bridgehead atoms. The molecule has 0 aromatic carbocycles. The molecule has 0 fully saturated rings. The molecule has 6 nitrogen and oxygen atoms in total. The number of hydrogen-bond donors (Lipinski definition) is 1. The molecule has 0 amide bonds. The standard InChI is InChI=1S/C17H33NO5S/c19-17(20)13-16-24(23)15-12-10-8-6-4-2-1-3-5-7-9-11-14-18(21)22/h1-16H2,(H,19,20). The number of carbonyl (C=O) groups is 1. The van der Waals surface area contributed by atoms with Crippen molar-refractivity contribution in [2.24, 2.45) is 0 Å². The Morgan fingerprint density at radius 1 is 0.792 bits per heavy atom. The predicted molar refractivity (Wildman–Crippen MR) is 97.4 cm³/mol. The van der Waals surface area contributed by atoms with Crippen LogP contribution in [-0.2, 0) is 15.6 Å². The van der Waals surface area contributed by atoms with E-state index in [9.17, 15) is 19.1 Å². The molecule has 7 heteroatoms. The molecule has 1 unspecified atom stereocenters. The van der Waals surface area contributed by atoms with Gasteiger partial charge in [-0.2, -0.15) is 0 Å². The van der Waals surface area contributed by atoms with Crippen LogP contribution in [0.3, 0.4) is 0 Å². The van der Waals surface area contributed by atoms with E-state index in [-0.39, 0.29) is 23.6 Å². The lowest BCUT2D eigenvalue weighted by Gasteiger charge is -2.03. The topological polar surface area (TPSA) is 97.5 Å². The summed E-state index contributed by atoms with van der Waals surface area (Å²) < 4.78 is 11.5. The van der Waals surface area contributed by atoms with Crippen LogP contribution in [-0.4, -0.2) is 38.3 Å². The second-order valence-electron chi connectivity index (χ2n) is 6.29. The van der Waals surface area contributed by atoms with Gasteiger partial charge in [0, 0.05) is 33.6 Å². The second-order valence-corrected chi connectivity index (χ2v) is 7.99. The van der Waals surface area contributed by atoms with Gasteiger partial charge in [-0.15, -0.1) is 0 Å². The quantitative estimate of drug-likeness (QED) is 0.224. The summed E-state index contributed by atoms with van der Waals surface area (Å²) in [6.45, 7) is 0.104. The highest BCUT2D eigenvalue weighted by molar-refractivity contribution is 7.84. The first kappa shape index (κ1) is 23.0. The van der Waals surface area contributed by atoms with Crippen LogP contribution in [0.4, 0.5) is 0 Å². The van der Waals surface area contributed by atoms with Crippen molar-refractivity contribution in [3.05, 3.63) is 10.1 Å². The van der Waals surface area contributed by atoms with Crippen molar-refractivity contribution < 1.29 is 19.0 Å². The molecule has 0 saturated heterocycles. The fourth-order valence-electron chi connectivity index (χ4n) is 2.57. The number of unbranched alkanes of at least 4 members (excludes halogenated alkanes) is 11. The number of nitrogens with zero attached hydrogens (tertiary/aromatic N) is 1.